The quantitative estimate of drug-likeness (QED) is 0.316. The molecule has 4 nitrogen and oxygen atoms in total. The molecule has 0 aliphatic heterocycles. The third-order valence-electron chi connectivity index (χ3n) is 5.50. The minimum Gasteiger partial charge on any atom is -0.497 e. The number of para-hydroxylation sites is 1. The van der Waals surface area contributed by atoms with E-state index in [1.165, 1.54) is 0 Å². The lowest BCUT2D eigenvalue weighted by molar-refractivity contribution is 0.0963. The van der Waals surface area contributed by atoms with Crippen molar-refractivity contribution in [2.45, 2.75) is 13.3 Å². The van der Waals surface area contributed by atoms with E-state index < -0.39 is 0 Å². The molecule has 31 heavy (non-hydrogen) atoms. The van der Waals surface area contributed by atoms with Crippen LogP contribution in [-0.4, -0.2) is 22.6 Å². The lowest BCUT2D eigenvalue weighted by Crippen LogP contribution is -2.13. The van der Waals surface area contributed by atoms with Crippen LogP contribution in [0.3, 0.4) is 0 Å². The van der Waals surface area contributed by atoms with Crippen LogP contribution in [0.4, 0.5) is 0 Å². The molecule has 0 atom stereocenters. The molecule has 154 valence electrons. The minimum absolute atomic E-state index is 0.0945. The highest BCUT2D eigenvalue weighted by Gasteiger charge is 2.21. The largest absolute Gasteiger partial charge is 0.497 e. The van der Waals surface area contributed by atoms with Crippen molar-refractivity contribution < 1.29 is 9.53 Å². The molecule has 0 aliphatic rings. The van der Waals surface area contributed by atoms with Gasteiger partial charge in [0.05, 0.1) is 27.9 Å². The van der Waals surface area contributed by atoms with Gasteiger partial charge in [-0.2, -0.15) is 0 Å². The first kappa shape index (κ1) is 19.8. The predicted molar refractivity (Wildman–Crippen MR) is 127 cm³/mol. The summed E-state index contributed by atoms with van der Waals surface area (Å²) in [5, 5.41) is 2.65. The summed E-state index contributed by atoms with van der Waals surface area (Å²) in [6, 6.07) is 21.0. The fraction of sp³-hybridized carbons (Fsp3) is 0.120. The normalized spacial score (nSPS) is 11.3. The molecule has 0 radical (unpaired) electrons. The number of ether oxygens (including phenoxy) is 1. The lowest BCUT2D eigenvalue weighted by Gasteiger charge is -2.08. The number of benzene rings is 3. The molecule has 0 N–H and O–H groups in total. The molecule has 0 spiro atoms. The van der Waals surface area contributed by atoms with Crippen LogP contribution in [0.2, 0.25) is 5.02 Å². The third kappa shape index (κ3) is 3.50. The molecule has 2 heterocycles. The summed E-state index contributed by atoms with van der Waals surface area (Å²) in [6.07, 6.45) is 0.662. The van der Waals surface area contributed by atoms with Crippen LogP contribution in [-0.2, 0) is 6.42 Å². The van der Waals surface area contributed by atoms with Crippen LogP contribution in [0.25, 0.3) is 21.1 Å². The standard InChI is InChI=1S/C25H19ClN2O2S/c1-15-20(14-24-27-21-5-3-4-6-23(21)31-24)19-12-11-18(30-2)13-22(19)28(15)25(29)16-7-9-17(26)10-8-16/h3-13H,14H2,1-2H3. The van der Waals surface area contributed by atoms with Gasteiger partial charge in [0, 0.05) is 34.2 Å². The molecule has 0 amide bonds. The number of nitrogens with zero attached hydrogens (tertiary/aromatic N) is 2. The van der Waals surface area contributed by atoms with Crippen molar-refractivity contribution in [2.75, 3.05) is 7.11 Å². The Balaban J connectivity index is 1.67. The maximum Gasteiger partial charge on any atom is 0.262 e. The molecule has 5 rings (SSSR count). The predicted octanol–water partition coefficient (Wildman–Crippen LogP) is 6.50. The van der Waals surface area contributed by atoms with E-state index in [-0.39, 0.29) is 5.91 Å². The van der Waals surface area contributed by atoms with E-state index in [9.17, 15) is 4.79 Å². The summed E-state index contributed by atoms with van der Waals surface area (Å²) in [4.78, 5) is 18.3. The zero-order chi connectivity index (χ0) is 21.5. The Bertz CT molecular complexity index is 1400. The van der Waals surface area contributed by atoms with Gasteiger partial charge in [0.2, 0.25) is 0 Å². The van der Waals surface area contributed by atoms with Gasteiger partial charge in [-0.25, -0.2) is 4.98 Å². The fourth-order valence-corrected chi connectivity index (χ4v) is 5.05. The summed E-state index contributed by atoms with van der Waals surface area (Å²) in [5.74, 6) is 0.615. The second-order valence-corrected chi connectivity index (χ2v) is 8.90. The van der Waals surface area contributed by atoms with Crippen molar-refractivity contribution in [3.63, 3.8) is 0 Å². The van der Waals surface area contributed by atoms with Crippen LogP contribution in [0.15, 0.2) is 66.7 Å². The second kappa shape index (κ2) is 7.84. The van der Waals surface area contributed by atoms with Crippen molar-refractivity contribution in [1.82, 2.24) is 9.55 Å². The number of hydrogen-bond acceptors (Lipinski definition) is 4. The molecule has 0 fully saturated rings. The summed E-state index contributed by atoms with van der Waals surface area (Å²) < 4.78 is 8.37. The van der Waals surface area contributed by atoms with Gasteiger partial charge in [0.25, 0.3) is 5.91 Å². The topological polar surface area (TPSA) is 44.1 Å². The van der Waals surface area contributed by atoms with Crippen LogP contribution in [0.1, 0.15) is 26.6 Å². The zero-order valence-electron chi connectivity index (χ0n) is 17.1. The van der Waals surface area contributed by atoms with Crippen LogP contribution < -0.4 is 4.74 Å². The fourth-order valence-electron chi connectivity index (χ4n) is 3.94. The molecule has 0 unspecified atom stereocenters. The number of aromatic nitrogens is 2. The number of halogens is 1. The third-order valence-corrected chi connectivity index (χ3v) is 6.79. The maximum atomic E-state index is 13.5. The first-order valence-electron chi connectivity index (χ1n) is 9.88. The molecule has 6 heteroatoms. The number of carbonyl (C=O) groups is 1. The molecule has 3 aromatic carbocycles. The Morgan fingerprint density at radius 3 is 2.61 bits per heavy atom. The van der Waals surface area contributed by atoms with Gasteiger partial charge in [0.15, 0.2) is 0 Å². The van der Waals surface area contributed by atoms with Crippen LogP contribution >= 0.6 is 22.9 Å². The van der Waals surface area contributed by atoms with Gasteiger partial charge in [-0.05, 0) is 61.0 Å². The van der Waals surface area contributed by atoms with Crippen molar-refractivity contribution in [2.24, 2.45) is 0 Å². The van der Waals surface area contributed by atoms with Gasteiger partial charge in [-0.15, -0.1) is 11.3 Å². The summed E-state index contributed by atoms with van der Waals surface area (Å²) in [5.41, 5.74) is 4.41. The van der Waals surface area contributed by atoms with Gasteiger partial charge in [-0.1, -0.05) is 23.7 Å². The van der Waals surface area contributed by atoms with E-state index >= 15 is 0 Å². The lowest BCUT2D eigenvalue weighted by atomic mass is 10.1. The van der Waals surface area contributed by atoms with Gasteiger partial charge in [0.1, 0.15) is 5.75 Å². The van der Waals surface area contributed by atoms with E-state index in [2.05, 4.69) is 6.07 Å². The molecule has 0 saturated heterocycles. The van der Waals surface area contributed by atoms with Gasteiger partial charge < -0.3 is 4.74 Å². The molecule has 0 aliphatic carbocycles. The van der Waals surface area contributed by atoms with Crippen LogP contribution in [0.5, 0.6) is 5.75 Å². The number of carbonyl (C=O) groups excluding carboxylic acids is 1. The number of methoxy groups -OCH3 is 1. The highest BCUT2D eigenvalue weighted by atomic mass is 35.5. The highest BCUT2D eigenvalue weighted by molar-refractivity contribution is 7.18. The molecule has 2 aromatic heterocycles. The molecule has 0 bridgehead atoms. The van der Waals surface area contributed by atoms with Crippen LogP contribution in [0, 0.1) is 6.92 Å². The first-order valence-corrected chi connectivity index (χ1v) is 11.1. The SMILES string of the molecule is COc1ccc2c(Cc3nc4ccccc4s3)c(C)n(C(=O)c3ccc(Cl)cc3)c2c1. The molecular weight excluding hydrogens is 428 g/mol. The van der Waals surface area contributed by atoms with Crippen molar-refractivity contribution >= 4 is 50.0 Å². The van der Waals surface area contributed by atoms with Crippen molar-refractivity contribution in [1.29, 1.82) is 0 Å². The van der Waals surface area contributed by atoms with E-state index in [0.717, 1.165) is 37.4 Å². The monoisotopic (exact) mass is 446 g/mol. The number of rotatable bonds is 4. The highest BCUT2D eigenvalue weighted by Crippen LogP contribution is 2.33. The van der Waals surface area contributed by atoms with E-state index in [1.54, 1.807) is 47.3 Å². The van der Waals surface area contributed by atoms with E-state index in [4.69, 9.17) is 21.3 Å². The average molecular weight is 447 g/mol. The molecule has 5 aromatic rings. The van der Waals surface area contributed by atoms with Crippen molar-refractivity contribution in [3.05, 3.63) is 93.6 Å². The second-order valence-electron chi connectivity index (χ2n) is 7.35. The Morgan fingerprint density at radius 2 is 1.87 bits per heavy atom. The minimum atomic E-state index is -0.0945. The molecule has 0 saturated carbocycles. The zero-order valence-corrected chi connectivity index (χ0v) is 18.6. The first-order chi connectivity index (χ1) is 15.0. The summed E-state index contributed by atoms with van der Waals surface area (Å²) >= 11 is 7.70. The number of hydrogen-bond donors (Lipinski definition) is 0. The Hall–Kier alpha value is -3.15. The molecular formula is C25H19ClN2O2S. The summed E-state index contributed by atoms with van der Waals surface area (Å²) in [6.45, 7) is 1.99. The maximum absolute atomic E-state index is 13.5. The Morgan fingerprint density at radius 1 is 1.10 bits per heavy atom. The summed E-state index contributed by atoms with van der Waals surface area (Å²) in [7, 11) is 1.63. The van der Waals surface area contributed by atoms with Crippen molar-refractivity contribution in [3.8, 4) is 5.75 Å². The average Bonchev–Trinajstić information content (AvgIpc) is 3.31. The van der Waals surface area contributed by atoms with E-state index in [0.29, 0.717) is 22.8 Å². The Kier molecular flexibility index (Phi) is 5.00. The van der Waals surface area contributed by atoms with E-state index in [1.807, 2.05) is 43.3 Å². The smallest absolute Gasteiger partial charge is 0.262 e. The van der Waals surface area contributed by atoms with Gasteiger partial charge >= 0.3 is 0 Å². The number of thiazole rings is 1. The van der Waals surface area contributed by atoms with Gasteiger partial charge in [-0.3, -0.25) is 9.36 Å². The number of fused-ring (bicyclic) bond motifs is 2. The Labute approximate surface area is 188 Å².